The lowest BCUT2D eigenvalue weighted by Crippen LogP contribution is -2.30. The smallest absolute Gasteiger partial charge is 0.410 e. The molecule has 0 aliphatic carbocycles. The number of likely N-dealkylation sites (tertiary alicyclic amines) is 1. The van der Waals surface area contributed by atoms with Gasteiger partial charge in [-0.1, -0.05) is 0 Å². The van der Waals surface area contributed by atoms with Gasteiger partial charge in [-0.2, -0.15) is 0 Å². The molecular weight excluding hydrogens is 252 g/mol. The van der Waals surface area contributed by atoms with E-state index in [0.717, 1.165) is 0 Å². The number of nitrogens with zero attached hydrogens (tertiary/aromatic N) is 2. The highest BCUT2D eigenvalue weighted by molar-refractivity contribution is 5.68. The molecular formula is C12H14N2O5. The van der Waals surface area contributed by atoms with Gasteiger partial charge in [-0.3, -0.25) is 10.1 Å². The fraction of sp³-hybridized carbons (Fsp3) is 0.417. The van der Waals surface area contributed by atoms with Crippen LogP contribution in [0.3, 0.4) is 0 Å². The molecule has 1 aromatic rings. The quantitative estimate of drug-likeness (QED) is 0.657. The van der Waals surface area contributed by atoms with E-state index in [4.69, 9.17) is 4.74 Å². The van der Waals surface area contributed by atoms with Crippen molar-refractivity contribution in [2.45, 2.75) is 19.1 Å². The van der Waals surface area contributed by atoms with Crippen molar-refractivity contribution in [3.05, 3.63) is 39.9 Å². The van der Waals surface area contributed by atoms with Crippen molar-refractivity contribution in [3.63, 3.8) is 0 Å². The van der Waals surface area contributed by atoms with E-state index < -0.39 is 17.1 Å². The molecule has 7 heteroatoms. The summed E-state index contributed by atoms with van der Waals surface area (Å²) >= 11 is 0. The topological polar surface area (TPSA) is 92.9 Å². The molecule has 0 spiro atoms. The predicted molar refractivity (Wildman–Crippen MR) is 65.5 cm³/mol. The Bertz CT molecular complexity index is 474. The molecule has 1 fully saturated rings. The summed E-state index contributed by atoms with van der Waals surface area (Å²) in [7, 11) is 0. The van der Waals surface area contributed by atoms with E-state index >= 15 is 0 Å². The molecule has 2 rings (SSSR count). The van der Waals surface area contributed by atoms with E-state index in [9.17, 15) is 20.0 Å². The number of nitro benzene ring substituents is 1. The molecule has 102 valence electrons. The third-order valence-electron chi connectivity index (χ3n) is 2.93. The van der Waals surface area contributed by atoms with Crippen LogP contribution >= 0.6 is 0 Å². The Morgan fingerprint density at radius 1 is 1.47 bits per heavy atom. The standard InChI is InChI=1S/C12H14N2O5/c15-11-5-6-13(7-11)12(16)19-8-9-1-3-10(4-2-9)14(17)18/h1-4,11,15H,5-8H2. The van der Waals surface area contributed by atoms with Crippen LogP contribution in [0.2, 0.25) is 0 Å². The summed E-state index contributed by atoms with van der Waals surface area (Å²) < 4.78 is 5.07. The summed E-state index contributed by atoms with van der Waals surface area (Å²) in [6, 6.07) is 5.82. The monoisotopic (exact) mass is 266 g/mol. The van der Waals surface area contributed by atoms with Crippen molar-refractivity contribution >= 4 is 11.8 Å². The van der Waals surface area contributed by atoms with Crippen molar-refractivity contribution < 1.29 is 19.6 Å². The van der Waals surface area contributed by atoms with Gasteiger partial charge in [-0.25, -0.2) is 4.79 Å². The van der Waals surface area contributed by atoms with Crippen LogP contribution in [0.5, 0.6) is 0 Å². The number of non-ortho nitro benzene ring substituents is 1. The number of rotatable bonds is 3. The minimum absolute atomic E-state index is 0.00209. The maximum Gasteiger partial charge on any atom is 0.410 e. The van der Waals surface area contributed by atoms with Gasteiger partial charge in [0.1, 0.15) is 6.61 Å². The average Bonchev–Trinajstić information content (AvgIpc) is 2.83. The van der Waals surface area contributed by atoms with Gasteiger partial charge >= 0.3 is 6.09 Å². The van der Waals surface area contributed by atoms with E-state index in [0.29, 0.717) is 25.1 Å². The Balaban J connectivity index is 1.85. The normalized spacial score (nSPS) is 18.4. The average molecular weight is 266 g/mol. The number of amides is 1. The van der Waals surface area contributed by atoms with Crippen LogP contribution in [-0.2, 0) is 11.3 Å². The van der Waals surface area contributed by atoms with E-state index in [2.05, 4.69) is 0 Å². The van der Waals surface area contributed by atoms with Gasteiger partial charge in [0.15, 0.2) is 0 Å². The first-order valence-electron chi connectivity index (χ1n) is 5.89. The number of aliphatic hydroxyl groups excluding tert-OH is 1. The molecule has 1 heterocycles. The highest BCUT2D eigenvalue weighted by atomic mass is 16.6. The van der Waals surface area contributed by atoms with Crippen molar-refractivity contribution in [1.29, 1.82) is 0 Å². The number of benzene rings is 1. The Kier molecular flexibility index (Phi) is 3.96. The van der Waals surface area contributed by atoms with Gasteiger partial charge in [-0.05, 0) is 24.1 Å². The minimum atomic E-state index is -0.485. The van der Waals surface area contributed by atoms with Gasteiger partial charge in [-0.15, -0.1) is 0 Å². The lowest BCUT2D eigenvalue weighted by molar-refractivity contribution is -0.384. The summed E-state index contributed by atoms with van der Waals surface area (Å²) in [6.45, 7) is 0.836. The van der Waals surface area contributed by atoms with Crippen molar-refractivity contribution in [3.8, 4) is 0 Å². The number of carbonyl (C=O) groups excluding carboxylic acids is 1. The second kappa shape index (κ2) is 5.66. The molecule has 19 heavy (non-hydrogen) atoms. The Hall–Kier alpha value is -2.15. The van der Waals surface area contributed by atoms with Crippen LogP contribution in [0.25, 0.3) is 0 Å². The molecule has 1 N–H and O–H groups in total. The number of carbonyl (C=O) groups is 1. The summed E-state index contributed by atoms with van der Waals surface area (Å²) in [5.41, 5.74) is 0.677. The Morgan fingerprint density at radius 2 is 2.16 bits per heavy atom. The third kappa shape index (κ3) is 3.41. The van der Waals surface area contributed by atoms with Crippen molar-refractivity contribution in [2.24, 2.45) is 0 Å². The summed E-state index contributed by atoms with van der Waals surface area (Å²) in [4.78, 5) is 23.1. The molecule has 1 aliphatic rings. The van der Waals surface area contributed by atoms with Crippen molar-refractivity contribution in [2.75, 3.05) is 13.1 Å². The molecule has 0 bridgehead atoms. The molecule has 1 aromatic carbocycles. The zero-order valence-electron chi connectivity index (χ0n) is 10.2. The lowest BCUT2D eigenvalue weighted by atomic mass is 10.2. The molecule has 1 unspecified atom stereocenters. The second-order valence-corrected chi connectivity index (χ2v) is 4.37. The number of hydrogen-bond donors (Lipinski definition) is 1. The number of aliphatic hydroxyl groups is 1. The summed E-state index contributed by atoms with van der Waals surface area (Å²) in [5.74, 6) is 0. The van der Waals surface area contributed by atoms with Gasteiger partial charge in [0.25, 0.3) is 5.69 Å². The SMILES string of the molecule is O=C(OCc1ccc([N+](=O)[O-])cc1)N1CCC(O)C1. The van der Waals surface area contributed by atoms with Crippen LogP contribution in [0.1, 0.15) is 12.0 Å². The minimum Gasteiger partial charge on any atom is -0.445 e. The number of nitro groups is 1. The first-order valence-corrected chi connectivity index (χ1v) is 5.89. The van der Waals surface area contributed by atoms with Crippen LogP contribution in [0.4, 0.5) is 10.5 Å². The van der Waals surface area contributed by atoms with E-state index in [-0.39, 0.29) is 12.3 Å². The maximum atomic E-state index is 11.6. The maximum absolute atomic E-state index is 11.6. The van der Waals surface area contributed by atoms with Crippen LogP contribution in [-0.4, -0.2) is 40.2 Å². The highest BCUT2D eigenvalue weighted by Crippen LogP contribution is 2.14. The fourth-order valence-electron chi connectivity index (χ4n) is 1.86. The molecule has 0 radical (unpaired) electrons. The van der Waals surface area contributed by atoms with Crippen LogP contribution < -0.4 is 0 Å². The Labute approximate surface area is 109 Å². The Morgan fingerprint density at radius 3 is 2.68 bits per heavy atom. The van der Waals surface area contributed by atoms with Gasteiger partial charge < -0.3 is 14.7 Å². The molecule has 1 saturated heterocycles. The zero-order valence-corrected chi connectivity index (χ0v) is 10.2. The van der Waals surface area contributed by atoms with Crippen molar-refractivity contribution in [1.82, 2.24) is 4.90 Å². The summed E-state index contributed by atoms with van der Waals surface area (Å²) in [6.07, 6.45) is -0.395. The molecule has 0 aromatic heterocycles. The largest absolute Gasteiger partial charge is 0.445 e. The molecule has 0 saturated carbocycles. The summed E-state index contributed by atoms with van der Waals surface area (Å²) in [5, 5.41) is 19.8. The second-order valence-electron chi connectivity index (χ2n) is 4.37. The van der Waals surface area contributed by atoms with Gasteiger partial charge in [0.2, 0.25) is 0 Å². The van der Waals surface area contributed by atoms with E-state index in [1.807, 2.05) is 0 Å². The number of β-amino-alcohol motifs (C(OH)–C–C–N with tert-alkyl or cyclic N) is 1. The highest BCUT2D eigenvalue weighted by Gasteiger charge is 2.25. The molecule has 1 aliphatic heterocycles. The lowest BCUT2D eigenvalue weighted by Gasteiger charge is -2.15. The molecule has 1 amide bonds. The predicted octanol–water partition coefficient (Wildman–Crippen LogP) is 1.30. The van der Waals surface area contributed by atoms with Crippen LogP contribution in [0, 0.1) is 10.1 Å². The molecule has 7 nitrogen and oxygen atoms in total. The number of hydrogen-bond acceptors (Lipinski definition) is 5. The van der Waals surface area contributed by atoms with E-state index in [1.54, 1.807) is 12.1 Å². The van der Waals surface area contributed by atoms with Gasteiger partial charge in [0.05, 0.1) is 11.0 Å². The first kappa shape index (κ1) is 13.3. The molecule has 1 atom stereocenters. The number of ether oxygens (including phenoxy) is 1. The van der Waals surface area contributed by atoms with E-state index in [1.165, 1.54) is 17.0 Å². The van der Waals surface area contributed by atoms with Crippen LogP contribution in [0.15, 0.2) is 24.3 Å². The third-order valence-corrected chi connectivity index (χ3v) is 2.93. The zero-order chi connectivity index (χ0) is 13.8. The van der Waals surface area contributed by atoms with Gasteiger partial charge in [0, 0.05) is 25.2 Å². The fourth-order valence-corrected chi connectivity index (χ4v) is 1.86. The first-order chi connectivity index (χ1) is 9.06.